The quantitative estimate of drug-likeness (QED) is 0.912. The zero-order chi connectivity index (χ0) is 14.8. The molecule has 3 rings (SSSR count). The van der Waals surface area contributed by atoms with Crippen molar-refractivity contribution in [2.45, 2.75) is 12.3 Å². The summed E-state index contributed by atoms with van der Waals surface area (Å²) >= 11 is 0. The number of carboxylic acid groups (broad SMARTS) is 1. The van der Waals surface area contributed by atoms with Crippen LogP contribution in [-0.4, -0.2) is 48.2 Å². The van der Waals surface area contributed by atoms with Gasteiger partial charge in [-0.3, -0.25) is 9.59 Å². The topological polar surface area (TPSA) is 66.8 Å². The van der Waals surface area contributed by atoms with E-state index in [0.717, 1.165) is 12.0 Å². The Morgan fingerprint density at radius 2 is 1.95 bits per heavy atom. The van der Waals surface area contributed by atoms with Crippen LogP contribution in [0.25, 0.3) is 0 Å². The van der Waals surface area contributed by atoms with E-state index in [1.807, 2.05) is 30.3 Å². The molecular weight excluding hydrogens is 270 g/mol. The van der Waals surface area contributed by atoms with E-state index >= 15 is 0 Å². The average molecular weight is 289 g/mol. The Balaban J connectivity index is 1.78. The SMILES string of the molecule is O=C(O)C1CN(C(=O)C2CCOC2)CC1c1ccccc1. The van der Waals surface area contributed by atoms with Gasteiger partial charge in [-0.1, -0.05) is 30.3 Å². The van der Waals surface area contributed by atoms with Crippen molar-refractivity contribution in [1.82, 2.24) is 4.90 Å². The monoisotopic (exact) mass is 289 g/mol. The third-order valence-electron chi connectivity index (χ3n) is 4.46. The molecule has 0 bridgehead atoms. The Hall–Kier alpha value is -1.88. The number of benzene rings is 1. The molecule has 2 saturated heterocycles. The van der Waals surface area contributed by atoms with Gasteiger partial charge in [0.25, 0.3) is 0 Å². The molecule has 0 aliphatic carbocycles. The van der Waals surface area contributed by atoms with E-state index in [0.29, 0.717) is 26.3 Å². The lowest BCUT2D eigenvalue weighted by molar-refractivity contribution is -0.142. The van der Waals surface area contributed by atoms with Crippen LogP contribution in [0.3, 0.4) is 0 Å². The van der Waals surface area contributed by atoms with Gasteiger partial charge in [0.15, 0.2) is 0 Å². The Kier molecular flexibility index (Phi) is 3.92. The molecule has 2 aliphatic rings. The predicted molar refractivity (Wildman–Crippen MR) is 75.8 cm³/mol. The van der Waals surface area contributed by atoms with Crippen molar-refractivity contribution in [2.24, 2.45) is 11.8 Å². The molecule has 2 heterocycles. The van der Waals surface area contributed by atoms with Gasteiger partial charge in [0.2, 0.25) is 5.91 Å². The number of carboxylic acids is 1. The van der Waals surface area contributed by atoms with Crippen LogP contribution in [0.15, 0.2) is 30.3 Å². The standard InChI is InChI=1S/C16H19NO4/c18-15(12-6-7-21-10-12)17-8-13(14(9-17)16(19)20)11-4-2-1-3-5-11/h1-5,12-14H,6-10H2,(H,19,20). The highest BCUT2D eigenvalue weighted by Crippen LogP contribution is 2.34. The average Bonchev–Trinajstić information content (AvgIpc) is 3.17. The van der Waals surface area contributed by atoms with Crippen LogP contribution in [0.1, 0.15) is 17.9 Å². The van der Waals surface area contributed by atoms with E-state index < -0.39 is 11.9 Å². The van der Waals surface area contributed by atoms with Crippen LogP contribution >= 0.6 is 0 Å². The minimum atomic E-state index is -0.832. The maximum Gasteiger partial charge on any atom is 0.308 e. The van der Waals surface area contributed by atoms with Gasteiger partial charge in [0.05, 0.1) is 18.4 Å². The molecule has 2 aliphatic heterocycles. The van der Waals surface area contributed by atoms with Crippen molar-refractivity contribution in [3.63, 3.8) is 0 Å². The molecular formula is C16H19NO4. The van der Waals surface area contributed by atoms with Crippen molar-refractivity contribution in [3.05, 3.63) is 35.9 Å². The fraction of sp³-hybridized carbons (Fsp3) is 0.500. The van der Waals surface area contributed by atoms with Crippen LogP contribution in [0.5, 0.6) is 0 Å². The summed E-state index contributed by atoms with van der Waals surface area (Å²) in [4.78, 5) is 25.7. The van der Waals surface area contributed by atoms with Gasteiger partial charge < -0.3 is 14.7 Å². The highest BCUT2D eigenvalue weighted by molar-refractivity contribution is 5.81. The second-order valence-electron chi connectivity index (χ2n) is 5.77. The molecule has 0 aromatic heterocycles. The smallest absolute Gasteiger partial charge is 0.308 e. The molecule has 5 heteroatoms. The van der Waals surface area contributed by atoms with E-state index in [1.165, 1.54) is 0 Å². The summed E-state index contributed by atoms with van der Waals surface area (Å²) in [6.45, 7) is 1.86. The van der Waals surface area contributed by atoms with Gasteiger partial charge in [0, 0.05) is 25.6 Å². The summed E-state index contributed by atoms with van der Waals surface area (Å²) in [7, 11) is 0. The lowest BCUT2D eigenvalue weighted by Crippen LogP contribution is -2.35. The molecule has 3 atom stereocenters. The van der Waals surface area contributed by atoms with E-state index in [-0.39, 0.29) is 17.7 Å². The first-order valence-corrected chi connectivity index (χ1v) is 7.31. The Morgan fingerprint density at radius 1 is 1.19 bits per heavy atom. The van der Waals surface area contributed by atoms with E-state index in [9.17, 15) is 14.7 Å². The second-order valence-corrected chi connectivity index (χ2v) is 5.77. The molecule has 1 amide bonds. The molecule has 1 N–H and O–H groups in total. The van der Waals surface area contributed by atoms with Crippen molar-refractivity contribution in [1.29, 1.82) is 0 Å². The fourth-order valence-electron chi connectivity index (χ4n) is 3.26. The number of nitrogens with zero attached hydrogens (tertiary/aromatic N) is 1. The minimum Gasteiger partial charge on any atom is -0.481 e. The summed E-state index contributed by atoms with van der Waals surface area (Å²) in [5.41, 5.74) is 0.989. The van der Waals surface area contributed by atoms with Crippen LogP contribution in [-0.2, 0) is 14.3 Å². The number of aliphatic carboxylic acids is 1. The van der Waals surface area contributed by atoms with Gasteiger partial charge in [-0.2, -0.15) is 0 Å². The summed E-state index contributed by atoms with van der Waals surface area (Å²) in [5, 5.41) is 9.45. The first-order valence-electron chi connectivity index (χ1n) is 7.31. The highest BCUT2D eigenvalue weighted by Gasteiger charge is 2.42. The maximum absolute atomic E-state index is 12.4. The third-order valence-corrected chi connectivity index (χ3v) is 4.46. The molecule has 21 heavy (non-hydrogen) atoms. The third kappa shape index (κ3) is 2.78. The largest absolute Gasteiger partial charge is 0.481 e. The summed E-state index contributed by atoms with van der Waals surface area (Å²) < 4.78 is 5.26. The summed E-state index contributed by atoms with van der Waals surface area (Å²) in [6, 6.07) is 9.60. The molecule has 0 spiro atoms. The number of ether oxygens (including phenoxy) is 1. The van der Waals surface area contributed by atoms with Crippen molar-refractivity contribution in [3.8, 4) is 0 Å². The van der Waals surface area contributed by atoms with Gasteiger partial charge >= 0.3 is 5.97 Å². The summed E-state index contributed by atoms with van der Waals surface area (Å²) in [5.74, 6) is -1.55. The van der Waals surface area contributed by atoms with E-state index in [1.54, 1.807) is 4.90 Å². The van der Waals surface area contributed by atoms with Crippen molar-refractivity contribution < 1.29 is 19.4 Å². The number of carbonyl (C=O) groups is 2. The van der Waals surface area contributed by atoms with Gasteiger partial charge in [-0.05, 0) is 12.0 Å². The maximum atomic E-state index is 12.4. The molecule has 112 valence electrons. The molecule has 0 saturated carbocycles. The Labute approximate surface area is 123 Å². The molecule has 0 radical (unpaired) electrons. The van der Waals surface area contributed by atoms with Gasteiger partial charge in [-0.25, -0.2) is 0 Å². The normalized spacial score (nSPS) is 28.8. The van der Waals surface area contributed by atoms with Gasteiger partial charge in [-0.15, -0.1) is 0 Å². The molecule has 3 unspecified atom stereocenters. The fourth-order valence-corrected chi connectivity index (χ4v) is 3.26. The van der Waals surface area contributed by atoms with E-state index in [4.69, 9.17) is 4.74 Å². The predicted octanol–water partition coefficient (Wildman–Crippen LogP) is 1.35. The number of amides is 1. The number of carbonyl (C=O) groups excluding carboxylic acids is 1. The van der Waals surface area contributed by atoms with Gasteiger partial charge in [0.1, 0.15) is 0 Å². The number of likely N-dealkylation sites (tertiary alicyclic amines) is 1. The van der Waals surface area contributed by atoms with Crippen LogP contribution in [0, 0.1) is 11.8 Å². The van der Waals surface area contributed by atoms with Crippen LogP contribution < -0.4 is 0 Å². The number of rotatable bonds is 3. The molecule has 5 nitrogen and oxygen atoms in total. The zero-order valence-electron chi connectivity index (χ0n) is 11.8. The lowest BCUT2D eigenvalue weighted by Gasteiger charge is -2.19. The summed E-state index contributed by atoms with van der Waals surface area (Å²) in [6.07, 6.45) is 0.739. The highest BCUT2D eigenvalue weighted by atomic mass is 16.5. The minimum absolute atomic E-state index is 0.0391. The molecule has 1 aromatic carbocycles. The van der Waals surface area contributed by atoms with Crippen molar-refractivity contribution >= 4 is 11.9 Å². The van der Waals surface area contributed by atoms with Crippen LogP contribution in [0.2, 0.25) is 0 Å². The van der Waals surface area contributed by atoms with Crippen LogP contribution in [0.4, 0.5) is 0 Å². The number of hydrogen-bond acceptors (Lipinski definition) is 3. The Bertz CT molecular complexity index is 524. The first-order chi connectivity index (χ1) is 10.2. The number of hydrogen-bond donors (Lipinski definition) is 1. The zero-order valence-corrected chi connectivity index (χ0v) is 11.8. The second kappa shape index (κ2) is 5.85. The molecule has 1 aromatic rings. The lowest BCUT2D eigenvalue weighted by atomic mass is 9.89. The molecule has 2 fully saturated rings. The van der Waals surface area contributed by atoms with Crippen molar-refractivity contribution in [2.75, 3.05) is 26.3 Å². The first kappa shape index (κ1) is 14.1. The van der Waals surface area contributed by atoms with E-state index in [2.05, 4.69) is 0 Å². The Morgan fingerprint density at radius 3 is 2.57 bits per heavy atom.